The second kappa shape index (κ2) is 4.45. The molecule has 0 fully saturated rings. The first-order valence-corrected chi connectivity index (χ1v) is 5.27. The Bertz CT molecular complexity index is 449. The summed E-state index contributed by atoms with van der Waals surface area (Å²) in [6.45, 7) is 0.649. The van der Waals surface area contributed by atoms with E-state index in [2.05, 4.69) is 24.4 Å². The minimum Gasteiger partial charge on any atom is -0.295 e. The highest BCUT2D eigenvalue weighted by molar-refractivity contribution is 7.40. The number of aryl methyl sites for hydroxylation is 1. The maximum atomic E-state index is 10.7. The molecule has 15 heavy (non-hydrogen) atoms. The van der Waals surface area contributed by atoms with E-state index in [0.29, 0.717) is 18.6 Å². The molecule has 2 aromatic heterocycles. The summed E-state index contributed by atoms with van der Waals surface area (Å²) in [5.41, 5.74) is 1.55. The zero-order chi connectivity index (χ0) is 10.7. The van der Waals surface area contributed by atoms with Gasteiger partial charge in [0.2, 0.25) is 5.65 Å². The first-order chi connectivity index (χ1) is 7.25. The fourth-order valence-corrected chi connectivity index (χ4v) is 1.50. The maximum Gasteiger partial charge on any atom is 0.201 e. The third-order valence-electron chi connectivity index (χ3n) is 1.98. The predicted octanol–water partition coefficient (Wildman–Crippen LogP) is 1.01. The van der Waals surface area contributed by atoms with Crippen molar-refractivity contribution in [1.29, 1.82) is 0 Å². The molecular formula is C9H11N4OP. The van der Waals surface area contributed by atoms with Crippen LogP contribution in [0.2, 0.25) is 0 Å². The molecule has 0 aliphatic rings. The van der Waals surface area contributed by atoms with Gasteiger partial charge in [-0.3, -0.25) is 4.79 Å². The zero-order valence-electron chi connectivity index (χ0n) is 8.13. The van der Waals surface area contributed by atoms with Crippen molar-refractivity contribution in [2.45, 2.75) is 19.4 Å². The summed E-state index contributed by atoms with van der Waals surface area (Å²) in [4.78, 5) is 16.4. The summed E-state index contributed by atoms with van der Waals surface area (Å²) in [7, 11) is 2.16. The van der Waals surface area contributed by atoms with E-state index < -0.39 is 0 Å². The number of pyridine rings is 1. The Morgan fingerprint density at radius 2 is 2.33 bits per heavy atom. The van der Waals surface area contributed by atoms with Gasteiger partial charge < -0.3 is 0 Å². The highest BCUT2D eigenvalue weighted by atomic mass is 31.0. The number of nitrogens with zero attached hydrogens (tertiary/aromatic N) is 4. The Balaban J connectivity index is 2.05. The van der Waals surface area contributed by atoms with Crippen LogP contribution in [0.25, 0.3) is 11.2 Å². The molecule has 0 N–H and O–H groups in total. The van der Waals surface area contributed by atoms with Crippen LogP contribution in [0.1, 0.15) is 12.8 Å². The topological polar surface area (TPSA) is 60.7 Å². The van der Waals surface area contributed by atoms with Crippen LogP contribution in [-0.4, -0.2) is 25.5 Å². The van der Waals surface area contributed by atoms with Gasteiger partial charge >= 0.3 is 0 Å². The average Bonchev–Trinajstić information content (AvgIpc) is 2.59. The number of carbonyl (C=O) groups is 1. The van der Waals surface area contributed by atoms with Crippen molar-refractivity contribution >= 4 is 25.9 Å². The van der Waals surface area contributed by atoms with Gasteiger partial charge in [-0.2, -0.15) is 9.90 Å². The molecule has 2 rings (SSSR count). The summed E-state index contributed by atoms with van der Waals surface area (Å²) in [5, 5.41) is 8.42. The van der Waals surface area contributed by atoms with E-state index in [4.69, 9.17) is 0 Å². The van der Waals surface area contributed by atoms with Gasteiger partial charge in [-0.05, 0) is 18.6 Å². The van der Waals surface area contributed by atoms with Crippen LogP contribution in [-0.2, 0) is 11.3 Å². The van der Waals surface area contributed by atoms with Gasteiger partial charge in [0.1, 0.15) is 11.0 Å². The molecule has 5 nitrogen and oxygen atoms in total. The Hall–Kier alpha value is -1.35. The number of rotatable bonds is 4. The van der Waals surface area contributed by atoms with Crippen LogP contribution >= 0.6 is 9.24 Å². The first kappa shape index (κ1) is 10.2. The van der Waals surface area contributed by atoms with Gasteiger partial charge in [-0.25, -0.2) is 4.98 Å². The number of carbonyl (C=O) groups excluding carboxylic acids is 1. The van der Waals surface area contributed by atoms with Crippen LogP contribution in [0.4, 0.5) is 0 Å². The highest BCUT2D eigenvalue weighted by Gasteiger charge is 2.02. The van der Waals surface area contributed by atoms with Crippen molar-refractivity contribution in [3.8, 4) is 0 Å². The van der Waals surface area contributed by atoms with E-state index in [-0.39, 0.29) is 5.52 Å². The molecule has 1 atom stereocenters. The molecule has 2 heterocycles. The lowest BCUT2D eigenvalue weighted by Gasteiger charge is -1.95. The van der Waals surface area contributed by atoms with E-state index in [1.165, 1.54) is 0 Å². The Morgan fingerprint density at radius 1 is 1.47 bits per heavy atom. The SMILES string of the molecule is O=C(P)CCCn1nc2cccnc2n1. The molecule has 0 saturated heterocycles. The summed E-state index contributed by atoms with van der Waals surface area (Å²) in [6.07, 6.45) is 2.98. The van der Waals surface area contributed by atoms with Gasteiger partial charge in [0.05, 0.1) is 6.54 Å². The van der Waals surface area contributed by atoms with Crippen molar-refractivity contribution in [3.63, 3.8) is 0 Å². The molecule has 0 bridgehead atoms. The predicted molar refractivity (Wildman–Crippen MR) is 59.3 cm³/mol. The smallest absolute Gasteiger partial charge is 0.201 e. The van der Waals surface area contributed by atoms with Crippen LogP contribution in [0, 0.1) is 0 Å². The largest absolute Gasteiger partial charge is 0.295 e. The molecule has 0 saturated carbocycles. The van der Waals surface area contributed by atoms with Crippen molar-refractivity contribution in [2.24, 2.45) is 0 Å². The molecule has 0 aromatic carbocycles. The molecule has 0 spiro atoms. The van der Waals surface area contributed by atoms with Gasteiger partial charge in [0.25, 0.3) is 0 Å². The quantitative estimate of drug-likeness (QED) is 0.724. The monoisotopic (exact) mass is 222 g/mol. The molecule has 0 radical (unpaired) electrons. The Kier molecular flexibility index (Phi) is 3.02. The van der Waals surface area contributed by atoms with Crippen molar-refractivity contribution in [3.05, 3.63) is 18.3 Å². The summed E-state index contributed by atoms with van der Waals surface area (Å²) >= 11 is 0. The molecular weight excluding hydrogens is 211 g/mol. The fraction of sp³-hybridized carbons (Fsp3) is 0.333. The van der Waals surface area contributed by atoms with Gasteiger partial charge in [-0.15, -0.1) is 5.10 Å². The van der Waals surface area contributed by atoms with Crippen LogP contribution < -0.4 is 0 Å². The van der Waals surface area contributed by atoms with Crippen molar-refractivity contribution in [1.82, 2.24) is 20.0 Å². The normalized spacial score (nSPS) is 10.7. The lowest BCUT2D eigenvalue weighted by molar-refractivity contribution is -0.111. The summed E-state index contributed by atoms with van der Waals surface area (Å²) in [6, 6.07) is 3.69. The third-order valence-corrected chi connectivity index (χ3v) is 2.27. The highest BCUT2D eigenvalue weighted by Crippen LogP contribution is 2.05. The first-order valence-electron chi connectivity index (χ1n) is 4.70. The standard InChI is InChI=1S/C9H11N4OP/c14-8(15)4-2-6-13-11-7-3-1-5-10-9(7)12-13/h1,3,5H,2,4,6,15H2. The van der Waals surface area contributed by atoms with Gasteiger partial charge in [0, 0.05) is 12.6 Å². The van der Waals surface area contributed by atoms with Crippen LogP contribution in [0.15, 0.2) is 18.3 Å². The molecule has 6 heteroatoms. The molecule has 78 valence electrons. The Morgan fingerprint density at radius 3 is 3.07 bits per heavy atom. The molecule has 0 aliphatic heterocycles. The number of aromatic nitrogens is 4. The third kappa shape index (κ3) is 2.57. The summed E-state index contributed by atoms with van der Waals surface area (Å²) < 4.78 is 0. The van der Waals surface area contributed by atoms with E-state index >= 15 is 0 Å². The zero-order valence-corrected chi connectivity index (χ0v) is 9.28. The van der Waals surface area contributed by atoms with Crippen LogP contribution in [0.3, 0.4) is 0 Å². The second-order valence-corrected chi connectivity index (χ2v) is 3.86. The molecule has 2 aromatic rings. The lowest BCUT2D eigenvalue weighted by atomic mass is 10.3. The minimum absolute atomic E-state index is 0.116. The summed E-state index contributed by atoms with van der Waals surface area (Å²) in [5.74, 6) is 0. The maximum absolute atomic E-state index is 10.7. The molecule has 0 aliphatic carbocycles. The van der Waals surface area contributed by atoms with E-state index in [1.54, 1.807) is 11.0 Å². The van der Waals surface area contributed by atoms with E-state index in [1.807, 2.05) is 12.1 Å². The average molecular weight is 222 g/mol. The van der Waals surface area contributed by atoms with Crippen LogP contribution in [0.5, 0.6) is 0 Å². The number of fused-ring (bicyclic) bond motifs is 1. The molecule has 0 amide bonds. The van der Waals surface area contributed by atoms with Gasteiger partial charge in [0.15, 0.2) is 0 Å². The van der Waals surface area contributed by atoms with Crippen molar-refractivity contribution in [2.75, 3.05) is 0 Å². The lowest BCUT2D eigenvalue weighted by Crippen LogP contribution is -2.03. The Labute approximate surface area is 89.1 Å². The second-order valence-electron chi connectivity index (χ2n) is 3.21. The van der Waals surface area contributed by atoms with Crippen molar-refractivity contribution < 1.29 is 4.79 Å². The van der Waals surface area contributed by atoms with Gasteiger partial charge in [-0.1, -0.05) is 9.24 Å². The van der Waals surface area contributed by atoms with E-state index in [9.17, 15) is 4.79 Å². The minimum atomic E-state index is 0.116. The van der Waals surface area contributed by atoms with E-state index in [0.717, 1.165) is 11.9 Å². The fourth-order valence-electron chi connectivity index (χ4n) is 1.29. The number of hydrogen-bond donors (Lipinski definition) is 0. The number of hydrogen-bond acceptors (Lipinski definition) is 4. The molecule has 1 unspecified atom stereocenters.